The summed E-state index contributed by atoms with van der Waals surface area (Å²) in [4.78, 5) is 24.0. The van der Waals surface area contributed by atoms with E-state index in [9.17, 15) is 9.59 Å². The molecule has 2 rings (SSSR count). The van der Waals surface area contributed by atoms with E-state index >= 15 is 0 Å². The van der Waals surface area contributed by atoms with Gasteiger partial charge in [0, 0.05) is 6.61 Å². The van der Waals surface area contributed by atoms with Crippen LogP contribution in [0, 0.1) is 0 Å². The number of nitrogens with one attached hydrogen (secondary N) is 2. The molecule has 0 bridgehead atoms. The molecule has 0 spiro atoms. The lowest BCUT2D eigenvalue weighted by Gasteiger charge is -2.27. The van der Waals surface area contributed by atoms with Gasteiger partial charge in [0.05, 0.1) is 19.4 Å². The number of carbonyl (C=O) groups is 2. The Balaban J connectivity index is 1.76. The number of amides is 2. The first-order chi connectivity index (χ1) is 10.2. The molecule has 1 aliphatic carbocycles. The fraction of sp³-hybridized carbons (Fsp3) is 0.600. The third kappa shape index (κ3) is 4.07. The topological polar surface area (TPSA) is 80.6 Å². The number of rotatable bonds is 7. The van der Waals surface area contributed by atoms with E-state index in [1.165, 1.54) is 0 Å². The highest BCUT2D eigenvalue weighted by atomic mass is 16.5. The SMILES string of the molecule is CCOC1(C(=O)NCC(=O)NCc2ccco2)CCCC1. The van der Waals surface area contributed by atoms with Crippen molar-refractivity contribution in [1.29, 1.82) is 0 Å². The second-order valence-corrected chi connectivity index (χ2v) is 5.17. The van der Waals surface area contributed by atoms with Crippen LogP contribution < -0.4 is 10.6 Å². The second-order valence-electron chi connectivity index (χ2n) is 5.17. The predicted molar refractivity (Wildman–Crippen MR) is 76.4 cm³/mol. The van der Waals surface area contributed by atoms with Gasteiger partial charge in [-0.25, -0.2) is 0 Å². The highest BCUT2D eigenvalue weighted by molar-refractivity contribution is 5.89. The summed E-state index contributed by atoms with van der Waals surface area (Å²) in [6, 6.07) is 3.54. The number of hydrogen-bond acceptors (Lipinski definition) is 4. The minimum atomic E-state index is -0.740. The molecule has 2 amide bonds. The van der Waals surface area contributed by atoms with Crippen LogP contribution in [0.15, 0.2) is 22.8 Å². The third-order valence-corrected chi connectivity index (χ3v) is 3.70. The van der Waals surface area contributed by atoms with E-state index in [1.807, 2.05) is 6.92 Å². The van der Waals surface area contributed by atoms with Crippen molar-refractivity contribution in [2.45, 2.75) is 44.8 Å². The molecule has 2 N–H and O–H groups in total. The molecule has 0 atom stereocenters. The summed E-state index contributed by atoms with van der Waals surface area (Å²) in [6.07, 6.45) is 4.97. The summed E-state index contributed by atoms with van der Waals surface area (Å²) in [6.45, 7) is 2.65. The quantitative estimate of drug-likeness (QED) is 0.795. The fourth-order valence-corrected chi connectivity index (χ4v) is 2.64. The number of carbonyl (C=O) groups excluding carboxylic acids is 2. The molecule has 1 aliphatic rings. The van der Waals surface area contributed by atoms with Crippen molar-refractivity contribution in [3.63, 3.8) is 0 Å². The lowest BCUT2D eigenvalue weighted by atomic mass is 10.0. The molecule has 1 fully saturated rings. The van der Waals surface area contributed by atoms with Crippen LogP contribution in [0.3, 0.4) is 0 Å². The molecule has 6 nitrogen and oxygen atoms in total. The molecule has 1 aromatic rings. The molecule has 0 unspecified atom stereocenters. The van der Waals surface area contributed by atoms with Gasteiger partial charge in [0.1, 0.15) is 11.4 Å². The second kappa shape index (κ2) is 7.26. The van der Waals surface area contributed by atoms with Crippen molar-refractivity contribution in [3.8, 4) is 0 Å². The van der Waals surface area contributed by atoms with Gasteiger partial charge in [-0.15, -0.1) is 0 Å². The van der Waals surface area contributed by atoms with Gasteiger partial charge >= 0.3 is 0 Å². The number of hydrogen-bond donors (Lipinski definition) is 2. The third-order valence-electron chi connectivity index (χ3n) is 3.70. The number of furan rings is 1. The summed E-state index contributed by atoms with van der Waals surface area (Å²) >= 11 is 0. The van der Waals surface area contributed by atoms with Gasteiger partial charge in [0.25, 0.3) is 5.91 Å². The largest absolute Gasteiger partial charge is 0.467 e. The lowest BCUT2D eigenvalue weighted by Crippen LogP contribution is -2.49. The van der Waals surface area contributed by atoms with Crippen LogP contribution in [-0.4, -0.2) is 30.6 Å². The van der Waals surface area contributed by atoms with E-state index in [1.54, 1.807) is 18.4 Å². The van der Waals surface area contributed by atoms with Gasteiger partial charge in [0.2, 0.25) is 5.91 Å². The van der Waals surface area contributed by atoms with Crippen LogP contribution in [0.1, 0.15) is 38.4 Å². The minimum Gasteiger partial charge on any atom is -0.467 e. The molecular formula is C15H22N2O4. The summed E-state index contributed by atoms with van der Waals surface area (Å²) in [7, 11) is 0. The molecule has 116 valence electrons. The molecule has 0 saturated heterocycles. The van der Waals surface area contributed by atoms with Crippen molar-refractivity contribution in [1.82, 2.24) is 10.6 Å². The van der Waals surface area contributed by atoms with Crippen LogP contribution >= 0.6 is 0 Å². The Morgan fingerprint density at radius 3 is 2.71 bits per heavy atom. The summed E-state index contributed by atoms with van der Waals surface area (Å²) in [5.41, 5.74) is -0.740. The molecule has 0 aromatic carbocycles. The molecule has 0 radical (unpaired) electrons. The summed E-state index contributed by atoms with van der Waals surface area (Å²) in [5, 5.41) is 5.36. The molecule has 1 heterocycles. The molecule has 21 heavy (non-hydrogen) atoms. The Hall–Kier alpha value is -1.82. The van der Waals surface area contributed by atoms with Gasteiger partial charge in [-0.2, -0.15) is 0 Å². The van der Waals surface area contributed by atoms with Gasteiger partial charge in [-0.1, -0.05) is 0 Å². The average molecular weight is 294 g/mol. The van der Waals surface area contributed by atoms with Gasteiger partial charge in [-0.3, -0.25) is 9.59 Å². The van der Waals surface area contributed by atoms with E-state index in [0.29, 0.717) is 18.9 Å². The average Bonchev–Trinajstić information content (AvgIpc) is 3.14. The maximum absolute atomic E-state index is 12.3. The monoisotopic (exact) mass is 294 g/mol. The molecule has 1 saturated carbocycles. The first kappa shape index (κ1) is 15.6. The van der Waals surface area contributed by atoms with Crippen LogP contribution in [-0.2, 0) is 20.9 Å². The van der Waals surface area contributed by atoms with Crippen molar-refractivity contribution in [3.05, 3.63) is 24.2 Å². The maximum Gasteiger partial charge on any atom is 0.252 e. The lowest BCUT2D eigenvalue weighted by molar-refractivity contribution is -0.146. The van der Waals surface area contributed by atoms with Crippen molar-refractivity contribution >= 4 is 11.8 Å². The van der Waals surface area contributed by atoms with Crippen LogP contribution in [0.25, 0.3) is 0 Å². The Morgan fingerprint density at radius 1 is 1.33 bits per heavy atom. The Morgan fingerprint density at radius 2 is 2.10 bits per heavy atom. The Bertz CT molecular complexity index is 464. The first-order valence-electron chi connectivity index (χ1n) is 7.37. The first-order valence-corrected chi connectivity index (χ1v) is 7.37. The van der Waals surface area contributed by atoms with Gasteiger partial charge in [0.15, 0.2) is 0 Å². The maximum atomic E-state index is 12.3. The zero-order chi connectivity index (χ0) is 15.1. The molecule has 1 aromatic heterocycles. The highest BCUT2D eigenvalue weighted by Gasteiger charge is 2.41. The molecule has 6 heteroatoms. The van der Waals surface area contributed by atoms with Crippen molar-refractivity contribution < 1.29 is 18.7 Å². The fourth-order valence-electron chi connectivity index (χ4n) is 2.64. The van der Waals surface area contributed by atoms with Crippen molar-refractivity contribution in [2.24, 2.45) is 0 Å². The van der Waals surface area contributed by atoms with Crippen LogP contribution in [0.4, 0.5) is 0 Å². The Kier molecular flexibility index (Phi) is 5.38. The van der Waals surface area contributed by atoms with Crippen LogP contribution in [0.5, 0.6) is 0 Å². The Labute approximate surface area is 124 Å². The standard InChI is InChI=1S/C15H22N2O4/c1-2-21-15(7-3-4-8-15)14(19)17-11-13(18)16-10-12-6-5-9-20-12/h5-6,9H,2-4,7-8,10-11H2,1H3,(H,16,18)(H,17,19). The number of ether oxygens (including phenoxy) is 1. The zero-order valence-electron chi connectivity index (χ0n) is 12.3. The van der Waals surface area contributed by atoms with E-state index in [2.05, 4.69) is 10.6 Å². The van der Waals surface area contributed by atoms with Gasteiger partial charge < -0.3 is 19.8 Å². The van der Waals surface area contributed by atoms with E-state index < -0.39 is 5.60 Å². The van der Waals surface area contributed by atoms with Gasteiger partial charge in [-0.05, 0) is 44.7 Å². The van der Waals surface area contributed by atoms with Crippen molar-refractivity contribution in [2.75, 3.05) is 13.2 Å². The van der Waals surface area contributed by atoms with E-state index in [0.717, 1.165) is 25.7 Å². The normalized spacial score (nSPS) is 16.6. The highest BCUT2D eigenvalue weighted by Crippen LogP contribution is 2.33. The predicted octanol–water partition coefficient (Wildman–Crippen LogP) is 1.36. The smallest absolute Gasteiger partial charge is 0.252 e. The summed E-state index contributed by atoms with van der Waals surface area (Å²) < 4.78 is 10.8. The van der Waals surface area contributed by atoms with Crippen LogP contribution in [0.2, 0.25) is 0 Å². The van der Waals surface area contributed by atoms with E-state index in [4.69, 9.17) is 9.15 Å². The molecular weight excluding hydrogens is 272 g/mol. The zero-order valence-corrected chi connectivity index (χ0v) is 12.3. The minimum absolute atomic E-state index is 0.0473. The van der Waals surface area contributed by atoms with E-state index in [-0.39, 0.29) is 18.4 Å². The molecule has 0 aliphatic heterocycles. The summed E-state index contributed by atoms with van der Waals surface area (Å²) in [5.74, 6) is 0.246.